The van der Waals surface area contributed by atoms with Crippen molar-refractivity contribution in [3.8, 4) is 0 Å². The third-order valence-corrected chi connectivity index (χ3v) is 6.11. The van der Waals surface area contributed by atoms with Crippen molar-refractivity contribution in [2.45, 2.75) is 39.7 Å². The lowest BCUT2D eigenvalue weighted by Gasteiger charge is -2.31. The van der Waals surface area contributed by atoms with Crippen molar-refractivity contribution in [2.24, 2.45) is 10.9 Å². The predicted octanol–water partition coefficient (Wildman–Crippen LogP) is 3.33. The first-order valence-electron chi connectivity index (χ1n) is 10.2. The van der Waals surface area contributed by atoms with E-state index in [9.17, 15) is 5.11 Å². The third kappa shape index (κ3) is 4.28. The quantitative estimate of drug-likeness (QED) is 0.742. The molecule has 1 aliphatic heterocycles. The molecule has 2 atom stereocenters. The van der Waals surface area contributed by atoms with E-state index in [1.54, 1.807) is 36.0 Å². The zero-order valence-electron chi connectivity index (χ0n) is 17.3. The largest absolute Gasteiger partial charge is 0.875 e. The van der Waals surface area contributed by atoms with Gasteiger partial charge in [0.25, 0.3) is 0 Å². The van der Waals surface area contributed by atoms with Gasteiger partial charge in [0.05, 0.1) is 11.1 Å². The zero-order chi connectivity index (χ0) is 21.1. The van der Waals surface area contributed by atoms with Gasteiger partial charge in [-0.25, -0.2) is 9.97 Å². The fourth-order valence-corrected chi connectivity index (χ4v) is 4.63. The SMILES string of the molecule is CCCNc1ncc(C2C=C(C3=C(C)C=C([O-])CC3C)NC(c3cnccn3)=N2)s1. The Balaban J connectivity index is 1.74. The number of aromatic nitrogens is 3. The van der Waals surface area contributed by atoms with Crippen LogP contribution < -0.4 is 15.7 Å². The van der Waals surface area contributed by atoms with Gasteiger partial charge in [-0.2, -0.15) is 0 Å². The van der Waals surface area contributed by atoms with Crippen LogP contribution in [0.15, 0.2) is 64.5 Å². The Hall–Kier alpha value is -3.00. The van der Waals surface area contributed by atoms with Crippen molar-refractivity contribution in [1.29, 1.82) is 0 Å². The summed E-state index contributed by atoms with van der Waals surface area (Å²) < 4.78 is 0. The molecule has 0 bridgehead atoms. The molecule has 0 radical (unpaired) electrons. The fraction of sp³-hybridized carbons (Fsp3) is 0.364. The molecule has 1 aliphatic carbocycles. The van der Waals surface area contributed by atoms with Crippen LogP contribution in [0.2, 0.25) is 0 Å². The van der Waals surface area contributed by atoms with Crippen LogP contribution in [0.25, 0.3) is 0 Å². The van der Waals surface area contributed by atoms with E-state index >= 15 is 0 Å². The zero-order valence-corrected chi connectivity index (χ0v) is 18.2. The van der Waals surface area contributed by atoms with Gasteiger partial charge in [-0.15, -0.1) is 5.76 Å². The van der Waals surface area contributed by atoms with Crippen LogP contribution in [-0.4, -0.2) is 27.3 Å². The average molecular weight is 422 g/mol. The molecule has 3 heterocycles. The highest BCUT2D eigenvalue weighted by molar-refractivity contribution is 7.15. The maximum atomic E-state index is 12.0. The van der Waals surface area contributed by atoms with Crippen molar-refractivity contribution in [3.05, 3.63) is 70.1 Å². The van der Waals surface area contributed by atoms with Crippen LogP contribution in [0.3, 0.4) is 0 Å². The van der Waals surface area contributed by atoms with Gasteiger partial charge in [-0.1, -0.05) is 31.3 Å². The van der Waals surface area contributed by atoms with Crippen molar-refractivity contribution < 1.29 is 5.11 Å². The minimum atomic E-state index is -0.182. The molecule has 4 rings (SSSR count). The van der Waals surface area contributed by atoms with Crippen molar-refractivity contribution in [2.75, 3.05) is 11.9 Å². The molecule has 156 valence electrons. The Morgan fingerprint density at radius 3 is 2.87 bits per heavy atom. The molecule has 2 N–H and O–H groups in total. The highest BCUT2D eigenvalue weighted by Crippen LogP contribution is 2.36. The predicted molar refractivity (Wildman–Crippen MR) is 118 cm³/mol. The normalized spacial score (nSPS) is 21.5. The monoisotopic (exact) mass is 421 g/mol. The summed E-state index contributed by atoms with van der Waals surface area (Å²) >= 11 is 1.61. The van der Waals surface area contributed by atoms with E-state index in [2.05, 4.69) is 45.5 Å². The second kappa shape index (κ2) is 8.79. The Kier molecular flexibility index (Phi) is 5.94. The van der Waals surface area contributed by atoms with Gasteiger partial charge in [0.2, 0.25) is 0 Å². The Morgan fingerprint density at radius 2 is 2.13 bits per heavy atom. The van der Waals surface area contributed by atoms with Crippen molar-refractivity contribution >= 4 is 22.3 Å². The first kappa shape index (κ1) is 20.3. The molecule has 7 nitrogen and oxygen atoms in total. The van der Waals surface area contributed by atoms with Crippen LogP contribution in [0, 0.1) is 5.92 Å². The molecule has 2 unspecified atom stereocenters. The minimum Gasteiger partial charge on any atom is -0.875 e. The Bertz CT molecular complexity index is 1040. The molecule has 0 aromatic carbocycles. The molecular formula is C22H25N6OS-. The van der Waals surface area contributed by atoms with Gasteiger partial charge in [-0.3, -0.25) is 9.98 Å². The molecule has 2 aromatic rings. The Morgan fingerprint density at radius 1 is 1.27 bits per heavy atom. The molecular weight excluding hydrogens is 396 g/mol. The summed E-state index contributed by atoms with van der Waals surface area (Å²) in [5.74, 6) is 0.978. The molecule has 0 spiro atoms. The molecule has 0 saturated carbocycles. The van der Waals surface area contributed by atoms with Crippen LogP contribution in [0.5, 0.6) is 0 Å². The van der Waals surface area contributed by atoms with E-state index in [0.717, 1.165) is 39.8 Å². The molecule has 2 aliphatic rings. The van der Waals surface area contributed by atoms with E-state index in [4.69, 9.17) is 4.99 Å². The lowest BCUT2D eigenvalue weighted by molar-refractivity contribution is -0.308. The van der Waals surface area contributed by atoms with Gasteiger partial charge in [-0.05, 0) is 42.9 Å². The van der Waals surface area contributed by atoms with Gasteiger partial charge < -0.3 is 15.7 Å². The minimum absolute atomic E-state index is 0.131. The van der Waals surface area contributed by atoms with Crippen molar-refractivity contribution in [1.82, 2.24) is 20.3 Å². The summed E-state index contributed by atoms with van der Waals surface area (Å²) in [6.45, 7) is 7.11. The molecule has 30 heavy (non-hydrogen) atoms. The number of anilines is 1. The number of allylic oxidation sites excluding steroid dienone is 4. The number of amidine groups is 1. The number of nitrogens with one attached hydrogen (secondary N) is 2. The van der Waals surface area contributed by atoms with E-state index in [-0.39, 0.29) is 17.7 Å². The van der Waals surface area contributed by atoms with Gasteiger partial charge in [0.1, 0.15) is 11.7 Å². The fourth-order valence-electron chi connectivity index (χ4n) is 3.78. The third-order valence-electron chi connectivity index (χ3n) is 5.09. The topological polar surface area (TPSA) is 98.2 Å². The summed E-state index contributed by atoms with van der Waals surface area (Å²) in [6.07, 6.45) is 12.3. The summed E-state index contributed by atoms with van der Waals surface area (Å²) in [4.78, 5) is 19.1. The Labute approximate surface area is 180 Å². The summed E-state index contributed by atoms with van der Waals surface area (Å²) in [7, 11) is 0. The highest BCUT2D eigenvalue weighted by Gasteiger charge is 2.26. The van der Waals surface area contributed by atoms with E-state index in [0.29, 0.717) is 18.0 Å². The second-order valence-electron chi connectivity index (χ2n) is 7.53. The number of rotatable bonds is 6. The number of hydrogen-bond acceptors (Lipinski definition) is 8. The number of aliphatic imine (C=N–C) groups is 1. The summed E-state index contributed by atoms with van der Waals surface area (Å²) in [5, 5.41) is 19.7. The van der Waals surface area contributed by atoms with Gasteiger partial charge >= 0.3 is 0 Å². The molecule has 0 fully saturated rings. The van der Waals surface area contributed by atoms with E-state index in [1.165, 1.54) is 0 Å². The van der Waals surface area contributed by atoms with Crippen molar-refractivity contribution in [3.63, 3.8) is 0 Å². The number of thiazole rings is 1. The lowest BCUT2D eigenvalue weighted by Crippen LogP contribution is -2.32. The molecule has 0 saturated heterocycles. The summed E-state index contributed by atoms with van der Waals surface area (Å²) in [5.41, 5.74) is 3.79. The van der Waals surface area contributed by atoms with Gasteiger partial charge in [0, 0.05) is 30.8 Å². The van der Waals surface area contributed by atoms with Crippen LogP contribution in [0.1, 0.15) is 50.2 Å². The van der Waals surface area contributed by atoms with Crippen LogP contribution in [0.4, 0.5) is 5.13 Å². The summed E-state index contributed by atoms with van der Waals surface area (Å²) in [6, 6.07) is -0.182. The maximum absolute atomic E-state index is 12.0. The first-order valence-corrected chi connectivity index (χ1v) is 11.0. The first-order chi connectivity index (χ1) is 14.5. The number of nitrogens with zero attached hydrogens (tertiary/aromatic N) is 4. The standard InChI is InChI=1S/C22H26N6OS/c1-4-5-25-22-26-12-19(30-22)16-10-17(20-13(2)8-15(29)9-14(20)3)28-21(27-16)18-11-23-6-7-24-18/h6-8,10-12,14,16,29H,4-5,9H2,1-3H3,(H,25,26)(H,27,28)/p-1. The highest BCUT2D eigenvalue weighted by atomic mass is 32.1. The maximum Gasteiger partial charge on any atom is 0.182 e. The molecule has 8 heteroatoms. The number of hydrogen-bond donors (Lipinski definition) is 2. The molecule has 0 amide bonds. The van der Waals surface area contributed by atoms with Crippen LogP contribution >= 0.6 is 11.3 Å². The van der Waals surface area contributed by atoms with Crippen LogP contribution in [-0.2, 0) is 0 Å². The molecule has 2 aromatic heterocycles. The van der Waals surface area contributed by atoms with E-state index < -0.39 is 0 Å². The average Bonchev–Trinajstić information content (AvgIpc) is 3.21. The van der Waals surface area contributed by atoms with Gasteiger partial charge in [0.15, 0.2) is 11.0 Å². The lowest BCUT2D eigenvalue weighted by atomic mass is 9.85. The second-order valence-corrected chi connectivity index (χ2v) is 8.59. The van der Waals surface area contributed by atoms with E-state index in [1.807, 2.05) is 13.1 Å². The smallest absolute Gasteiger partial charge is 0.182 e.